The molecule has 1 saturated heterocycles. The van der Waals surface area contributed by atoms with E-state index in [1.807, 2.05) is 0 Å². The SMILES string of the molecule is COC(=O)[C@]1(N)OC([C@@H](COC(C)=O)OC(C)=O)C(OC(C)=O)C(OC(C)=O)C1N. The molecule has 1 aliphatic rings. The highest BCUT2D eigenvalue weighted by atomic mass is 16.7. The Morgan fingerprint density at radius 3 is 1.90 bits per heavy atom. The van der Waals surface area contributed by atoms with E-state index in [1.54, 1.807) is 0 Å². The predicted octanol–water partition coefficient (Wildman–Crippen LogP) is -2.10. The van der Waals surface area contributed by atoms with Gasteiger partial charge in [0, 0.05) is 27.7 Å². The molecular formula is C17H26N2O11. The second kappa shape index (κ2) is 10.3. The number of methoxy groups -OCH3 is 1. The number of nitrogens with two attached hydrogens (primary N) is 2. The molecule has 0 saturated carbocycles. The Bertz CT molecular complexity index is 697. The van der Waals surface area contributed by atoms with E-state index in [9.17, 15) is 24.0 Å². The van der Waals surface area contributed by atoms with E-state index in [1.165, 1.54) is 0 Å². The Labute approximate surface area is 172 Å². The molecule has 1 heterocycles. The summed E-state index contributed by atoms with van der Waals surface area (Å²) < 4.78 is 30.6. The number of carbonyl (C=O) groups excluding carboxylic acids is 5. The monoisotopic (exact) mass is 434 g/mol. The van der Waals surface area contributed by atoms with Crippen molar-refractivity contribution >= 4 is 29.8 Å². The van der Waals surface area contributed by atoms with Gasteiger partial charge in [-0.05, 0) is 0 Å². The minimum absolute atomic E-state index is 0.545. The Hall–Kier alpha value is -2.77. The summed E-state index contributed by atoms with van der Waals surface area (Å²) in [5.74, 6) is -4.31. The summed E-state index contributed by atoms with van der Waals surface area (Å²) in [5.41, 5.74) is 9.67. The maximum Gasteiger partial charge on any atom is 0.355 e. The first-order chi connectivity index (χ1) is 13.8. The van der Waals surface area contributed by atoms with E-state index < -0.39 is 72.6 Å². The van der Waals surface area contributed by atoms with Gasteiger partial charge in [0.25, 0.3) is 0 Å². The zero-order chi connectivity index (χ0) is 23.2. The molecule has 0 radical (unpaired) electrons. The number of rotatable bonds is 7. The molecule has 13 nitrogen and oxygen atoms in total. The number of ether oxygens (including phenoxy) is 6. The number of hydrogen-bond donors (Lipinski definition) is 2. The molecule has 0 amide bonds. The van der Waals surface area contributed by atoms with Crippen molar-refractivity contribution in [1.82, 2.24) is 0 Å². The van der Waals surface area contributed by atoms with Crippen LogP contribution in [0, 0.1) is 0 Å². The van der Waals surface area contributed by atoms with Gasteiger partial charge in [0.2, 0.25) is 5.72 Å². The normalized spacial score (nSPS) is 29.2. The molecule has 4 unspecified atom stereocenters. The summed E-state index contributed by atoms with van der Waals surface area (Å²) in [4.78, 5) is 58.5. The molecule has 6 atom stereocenters. The first-order valence-corrected chi connectivity index (χ1v) is 8.79. The Morgan fingerprint density at radius 1 is 0.933 bits per heavy atom. The van der Waals surface area contributed by atoms with Gasteiger partial charge in [0.05, 0.1) is 13.2 Å². The highest BCUT2D eigenvalue weighted by molar-refractivity contribution is 5.80. The lowest BCUT2D eigenvalue weighted by Gasteiger charge is -2.48. The van der Waals surface area contributed by atoms with Crippen molar-refractivity contribution in [1.29, 1.82) is 0 Å². The average Bonchev–Trinajstić information content (AvgIpc) is 2.62. The Balaban J connectivity index is 3.52. The van der Waals surface area contributed by atoms with Crippen LogP contribution in [-0.4, -0.2) is 79.7 Å². The summed E-state index contributed by atoms with van der Waals surface area (Å²) in [6.45, 7) is 3.74. The lowest BCUT2D eigenvalue weighted by molar-refractivity contribution is -0.264. The molecule has 30 heavy (non-hydrogen) atoms. The summed E-state index contributed by atoms with van der Waals surface area (Å²) in [7, 11) is 1.02. The molecule has 0 bridgehead atoms. The fraction of sp³-hybridized carbons (Fsp3) is 0.706. The third-order valence-corrected chi connectivity index (χ3v) is 4.07. The van der Waals surface area contributed by atoms with Crippen LogP contribution in [0.2, 0.25) is 0 Å². The van der Waals surface area contributed by atoms with Crippen LogP contribution < -0.4 is 11.5 Å². The van der Waals surface area contributed by atoms with Crippen LogP contribution in [0.3, 0.4) is 0 Å². The maximum atomic E-state index is 12.3. The Kier molecular flexibility index (Phi) is 8.69. The zero-order valence-electron chi connectivity index (χ0n) is 17.2. The standard InChI is InChI=1S/C17H26N2O11/c1-7(20)26-6-11(27-8(2)21)12-13(28-9(3)22)14(29-10(4)23)15(18)17(19,30-12)16(24)25-5/h11-15H,6,18-19H2,1-5H3/t11-,12?,13?,14?,15?,17-/m1/s1. The van der Waals surface area contributed by atoms with E-state index in [0.717, 1.165) is 34.8 Å². The van der Waals surface area contributed by atoms with Gasteiger partial charge < -0.3 is 34.2 Å². The summed E-state index contributed by atoms with van der Waals surface area (Å²) in [5, 5.41) is 0. The van der Waals surface area contributed by atoms with Crippen molar-refractivity contribution in [2.45, 2.75) is 63.9 Å². The molecule has 1 fully saturated rings. The van der Waals surface area contributed by atoms with Gasteiger partial charge in [-0.1, -0.05) is 0 Å². The smallest absolute Gasteiger partial charge is 0.355 e. The number of esters is 5. The maximum absolute atomic E-state index is 12.3. The van der Waals surface area contributed by atoms with E-state index >= 15 is 0 Å². The molecule has 13 heteroatoms. The van der Waals surface area contributed by atoms with Gasteiger partial charge in [-0.2, -0.15) is 0 Å². The largest absolute Gasteiger partial charge is 0.466 e. The molecule has 0 spiro atoms. The number of hydrogen-bond acceptors (Lipinski definition) is 13. The van der Waals surface area contributed by atoms with Crippen LogP contribution in [0.15, 0.2) is 0 Å². The van der Waals surface area contributed by atoms with Crippen molar-refractivity contribution in [3.63, 3.8) is 0 Å². The van der Waals surface area contributed by atoms with E-state index in [-0.39, 0.29) is 0 Å². The molecule has 1 aliphatic heterocycles. The van der Waals surface area contributed by atoms with Crippen molar-refractivity contribution in [2.75, 3.05) is 13.7 Å². The molecular weight excluding hydrogens is 408 g/mol. The summed E-state index contributed by atoms with van der Waals surface area (Å²) in [6, 6.07) is -1.54. The first-order valence-electron chi connectivity index (χ1n) is 8.79. The molecule has 170 valence electrons. The third kappa shape index (κ3) is 6.11. The summed E-state index contributed by atoms with van der Waals surface area (Å²) in [6.07, 6.45) is -5.90. The topological polar surface area (TPSA) is 193 Å². The lowest BCUT2D eigenvalue weighted by Crippen LogP contribution is -2.77. The highest BCUT2D eigenvalue weighted by Gasteiger charge is 2.61. The first kappa shape index (κ1) is 25.3. The predicted molar refractivity (Wildman–Crippen MR) is 95.1 cm³/mol. The molecule has 0 aromatic carbocycles. The zero-order valence-corrected chi connectivity index (χ0v) is 17.2. The summed E-state index contributed by atoms with van der Waals surface area (Å²) >= 11 is 0. The minimum Gasteiger partial charge on any atom is -0.466 e. The van der Waals surface area contributed by atoms with Crippen molar-refractivity contribution in [3.8, 4) is 0 Å². The van der Waals surface area contributed by atoms with Gasteiger partial charge in [-0.15, -0.1) is 0 Å². The quantitative estimate of drug-likeness (QED) is 0.327. The highest BCUT2D eigenvalue weighted by Crippen LogP contribution is 2.33. The minimum atomic E-state index is -2.38. The van der Waals surface area contributed by atoms with Crippen LogP contribution in [-0.2, 0) is 52.4 Å². The van der Waals surface area contributed by atoms with Crippen LogP contribution in [0.4, 0.5) is 0 Å². The van der Waals surface area contributed by atoms with Crippen molar-refractivity contribution < 1.29 is 52.4 Å². The van der Waals surface area contributed by atoms with E-state index in [2.05, 4.69) is 4.74 Å². The third-order valence-electron chi connectivity index (χ3n) is 4.07. The van der Waals surface area contributed by atoms with Crippen LogP contribution >= 0.6 is 0 Å². The van der Waals surface area contributed by atoms with E-state index in [4.69, 9.17) is 35.2 Å². The molecule has 4 N–H and O–H groups in total. The van der Waals surface area contributed by atoms with Gasteiger partial charge >= 0.3 is 29.8 Å². The fourth-order valence-electron chi connectivity index (χ4n) is 2.90. The molecule has 1 rings (SSSR count). The van der Waals surface area contributed by atoms with Crippen LogP contribution in [0.25, 0.3) is 0 Å². The van der Waals surface area contributed by atoms with Gasteiger partial charge in [-0.25, -0.2) is 4.79 Å². The molecule has 0 aromatic rings. The van der Waals surface area contributed by atoms with Crippen molar-refractivity contribution in [2.24, 2.45) is 11.5 Å². The molecule has 0 aliphatic carbocycles. The second-order valence-corrected chi connectivity index (χ2v) is 6.49. The fourth-order valence-corrected chi connectivity index (χ4v) is 2.90. The average molecular weight is 434 g/mol. The van der Waals surface area contributed by atoms with Gasteiger partial charge in [0.1, 0.15) is 12.7 Å². The van der Waals surface area contributed by atoms with Crippen molar-refractivity contribution in [3.05, 3.63) is 0 Å². The second-order valence-electron chi connectivity index (χ2n) is 6.49. The van der Waals surface area contributed by atoms with Crippen LogP contribution in [0.1, 0.15) is 27.7 Å². The van der Waals surface area contributed by atoms with Gasteiger partial charge in [-0.3, -0.25) is 24.9 Å². The lowest BCUT2D eigenvalue weighted by atomic mass is 9.86. The Morgan fingerprint density at radius 2 is 1.47 bits per heavy atom. The number of carbonyl (C=O) groups is 5. The van der Waals surface area contributed by atoms with Crippen LogP contribution in [0.5, 0.6) is 0 Å². The van der Waals surface area contributed by atoms with E-state index in [0.29, 0.717) is 0 Å². The molecule has 0 aromatic heterocycles. The van der Waals surface area contributed by atoms with Gasteiger partial charge in [0.15, 0.2) is 18.3 Å².